The molecule has 0 aliphatic heterocycles. The normalized spacial score (nSPS) is 19.2. The maximum Gasteiger partial charge on any atom is 0.111 e. The number of methoxy groups -OCH3 is 1. The molecular formula is C13H22N2O2. The lowest BCUT2D eigenvalue weighted by atomic mass is 9.94. The van der Waals surface area contributed by atoms with Crippen molar-refractivity contribution in [3.63, 3.8) is 0 Å². The van der Waals surface area contributed by atoms with Crippen LogP contribution in [-0.4, -0.2) is 34.0 Å². The molecule has 0 aromatic carbocycles. The van der Waals surface area contributed by atoms with Crippen LogP contribution in [0.1, 0.15) is 32.0 Å². The largest absolute Gasteiger partial charge is 0.387 e. The third-order valence-electron chi connectivity index (χ3n) is 3.46. The van der Waals surface area contributed by atoms with E-state index >= 15 is 0 Å². The predicted molar refractivity (Wildman–Crippen MR) is 65.8 cm³/mol. The van der Waals surface area contributed by atoms with Crippen molar-refractivity contribution in [2.45, 2.75) is 44.8 Å². The summed E-state index contributed by atoms with van der Waals surface area (Å²) in [7, 11) is 1.64. The highest BCUT2D eigenvalue weighted by Crippen LogP contribution is 2.41. The van der Waals surface area contributed by atoms with Crippen LogP contribution in [0, 0.1) is 5.92 Å². The summed E-state index contributed by atoms with van der Waals surface area (Å²) in [4.78, 5) is 4.36. The third kappa shape index (κ3) is 2.87. The first-order valence-corrected chi connectivity index (χ1v) is 6.41. The van der Waals surface area contributed by atoms with Crippen molar-refractivity contribution in [1.82, 2.24) is 9.55 Å². The molecule has 4 nitrogen and oxygen atoms in total. The van der Waals surface area contributed by atoms with Gasteiger partial charge in [0, 0.05) is 32.5 Å². The molecule has 0 saturated heterocycles. The second-order valence-corrected chi connectivity index (χ2v) is 5.02. The van der Waals surface area contributed by atoms with E-state index in [9.17, 15) is 5.11 Å². The molecule has 4 heteroatoms. The van der Waals surface area contributed by atoms with Crippen molar-refractivity contribution in [2.75, 3.05) is 13.7 Å². The molecule has 1 N–H and O–H groups in total. The van der Waals surface area contributed by atoms with E-state index in [1.807, 2.05) is 12.4 Å². The van der Waals surface area contributed by atoms with Crippen molar-refractivity contribution >= 4 is 0 Å². The molecule has 1 unspecified atom stereocenters. The number of aromatic nitrogens is 2. The highest BCUT2D eigenvalue weighted by molar-refractivity contribution is 5.04. The van der Waals surface area contributed by atoms with E-state index < -0.39 is 5.60 Å². The molecular weight excluding hydrogens is 216 g/mol. The van der Waals surface area contributed by atoms with Crippen LogP contribution >= 0.6 is 0 Å². The Morgan fingerprint density at radius 2 is 2.35 bits per heavy atom. The molecule has 0 radical (unpaired) electrons. The first kappa shape index (κ1) is 12.6. The van der Waals surface area contributed by atoms with Crippen LogP contribution in [0.3, 0.4) is 0 Å². The van der Waals surface area contributed by atoms with Crippen molar-refractivity contribution < 1.29 is 9.84 Å². The molecule has 1 atom stereocenters. The Balaban J connectivity index is 2.08. The van der Waals surface area contributed by atoms with Crippen molar-refractivity contribution in [1.29, 1.82) is 0 Å². The van der Waals surface area contributed by atoms with E-state index in [0.29, 0.717) is 18.9 Å². The minimum absolute atomic E-state index is 0.384. The van der Waals surface area contributed by atoms with Gasteiger partial charge in [0.1, 0.15) is 5.82 Å². The summed E-state index contributed by atoms with van der Waals surface area (Å²) >= 11 is 0. The first-order chi connectivity index (χ1) is 8.19. The van der Waals surface area contributed by atoms with Crippen LogP contribution in [0.5, 0.6) is 0 Å². The van der Waals surface area contributed by atoms with E-state index in [0.717, 1.165) is 31.6 Å². The molecule has 1 fully saturated rings. The monoisotopic (exact) mass is 238 g/mol. The number of hydrogen-bond donors (Lipinski definition) is 1. The number of nitrogens with zero attached hydrogens (tertiary/aromatic N) is 2. The standard InChI is InChI=1S/C13H22N2O2/c1-3-7-15-8-6-14-12(15)9-13(16,10-17-2)11-4-5-11/h6,8,11,16H,3-5,7,9-10H2,1-2H3. The molecule has 17 heavy (non-hydrogen) atoms. The Hall–Kier alpha value is -0.870. The lowest BCUT2D eigenvalue weighted by Gasteiger charge is -2.27. The fraction of sp³-hybridized carbons (Fsp3) is 0.769. The first-order valence-electron chi connectivity index (χ1n) is 6.41. The van der Waals surface area contributed by atoms with Crippen molar-refractivity contribution in [3.8, 4) is 0 Å². The highest BCUT2D eigenvalue weighted by Gasteiger charge is 2.44. The topological polar surface area (TPSA) is 47.3 Å². The van der Waals surface area contributed by atoms with Crippen LogP contribution in [0.4, 0.5) is 0 Å². The molecule has 2 rings (SSSR count). The van der Waals surface area contributed by atoms with E-state index in [-0.39, 0.29) is 0 Å². The second-order valence-electron chi connectivity index (χ2n) is 5.02. The summed E-state index contributed by atoms with van der Waals surface area (Å²) in [5, 5.41) is 10.6. The number of rotatable bonds is 7. The zero-order chi connectivity index (χ0) is 12.3. The minimum atomic E-state index is -0.731. The van der Waals surface area contributed by atoms with Crippen LogP contribution < -0.4 is 0 Å². The fourth-order valence-corrected chi connectivity index (χ4v) is 2.41. The zero-order valence-corrected chi connectivity index (χ0v) is 10.7. The Morgan fingerprint density at radius 3 is 2.94 bits per heavy atom. The fourth-order valence-electron chi connectivity index (χ4n) is 2.41. The SMILES string of the molecule is CCCn1ccnc1CC(O)(COC)C1CC1. The number of imidazole rings is 1. The summed E-state index contributed by atoms with van der Waals surface area (Å²) in [5.41, 5.74) is -0.731. The van der Waals surface area contributed by atoms with Gasteiger partial charge < -0.3 is 14.4 Å². The van der Waals surface area contributed by atoms with E-state index in [4.69, 9.17) is 4.74 Å². The van der Waals surface area contributed by atoms with Crippen LogP contribution in [0.15, 0.2) is 12.4 Å². The van der Waals surface area contributed by atoms with Gasteiger partial charge in [-0.25, -0.2) is 4.98 Å². The Labute approximate surface area is 103 Å². The zero-order valence-electron chi connectivity index (χ0n) is 10.7. The molecule has 1 heterocycles. The van der Waals surface area contributed by atoms with Crippen LogP contribution in [0.2, 0.25) is 0 Å². The molecule has 0 bridgehead atoms. The van der Waals surface area contributed by atoms with E-state index in [1.54, 1.807) is 7.11 Å². The Morgan fingerprint density at radius 1 is 1.59 bits per heavy atom. The number of aliphatic hydroxyl groups is 1. The maximum atomic E-state index is 10.6. The van der Waals surface area contributed by atoms with E-state index in [2.05, 4.69) is 16.5 Å². The van der Waals surface area contributed by atoms with Gasteiger partial charge in [-0.1, -0.05) is 6.92 Å². The molecule has 1 aromatic heterocycles. The molecule has 0 amide bonds. The summed E-state index contributed by atoms with van der Waals surface area (Å²) in [6.07, 6.45) is 7.68. The average Bonchev–Trinajstić information content (AvgIpc) is 3.06. The third-order valence-corrected chi connectivity index (χ3v) is 3.46. The van der Waals surface area contributed by atoms with Gasteiger partial charge in [-0.05, 0) is 25.2 Å². The second kappa shape index (κ2) is 5.19. The Kier molecular flexibility index (Phi) is 3.84. The average molecular weight is 238 g/mol. The number of hydrogen-bond acceptors (Lipinski definition) is 3. The predicted octanol–water partition coefficient (Wildman–Crippen LogP) is 1.62. The number of ether oxygens (including phenoxy) is 1. The highest BCUT2D eigenvalue weighted by atomic mass is 16.5. The smallest absolute Gasteiger partial charge is 0.111 e. The molecule has 1 saturated carbocycles. The van der Waals surface area contributed by atoms with Crippen LogP contribution in [0.25, 0.3) is 0 Å². The Bertz CT molecular complexity index is 360. The summed E-state index contributed by atoms with van der Waals surface area (Å²) in [5.74, 6) is 1.35. The van der Waals surface area contributed by atoms with Gasteiger partial charge in [0.05, 0.1) is 12.2 Å². The molecule has 1 aliphatic rings. The van der Waals surface area contributed by atoms with Crippen LogP contribution in [-0.2, 0) is 17.7 Å². The van der Waals surface area contributed by atoms with Gasteiger partial charge in [0.2, 0.25) is 0 Å². The lowest BCUT2D eigenvalue weighted by Crippen LogP contribution is -2.40. The van der Waals surface area contributed by atoms with Gasteiger partial charge in [0.25, 0.3) is 0 Å². The minimum Gasteiger partial charge on any atom is -0.387 e. The van der Waals surface area contributed by atoms with Gasteiger partial charge in [-0.2, -0.15) is 0 Å². The maximum absolute atomic E-state index is 10.6. The quantitative estimate of drug-likeness (QED) is 0.785. The lowest BCUT2D eigenvalue weighted by molar-refractivity contribution is -0.0492. The molecule has 1 aliphatic carbocycles. The van der Waals surface area contributed by atoms with Gasteiger partial charge >= 0.3 is 0 Å². The van der Waals surface area contributed by atoms with Gasteiger partial charge in [-0.15, -0.1) is 0 Å². The van der Waals surface area contributed by atoms with Gasteiger partial charge in [0.15, 0.2) is 0 Å². The summed E-state index contributed by atoms with van der Waals surface area (Å²) in [6, 6.07) is 0. The summed E-state index contributed by atoms with van der Waals surface area (Å²) < 4.78 is 7.30. The van der Waals surface area contributed by atoms with Crippen molar-refractivity contribution in [3.05, 3.63) is 18.2 Å². The van der Waals surface area contributed by atoms with Gasteiger partial charge in [-0.3, -0.25) is 0 Å². The number of aryl methyl sites for hydroxylation is 1. The van der Waals surface area contributed by atoms with E-state index in [1.165, 1.54) is 0 Å². The molecule has 0 spiro atoms. The molecule has 96 valence electrons. The van der Waals surface area contributed by atoms with Crippen molar-refractivity contribution in [2.24, 2.45) is 5.92 Å². The molecule has 1 aromatic rings. The summed E-state index contributed by atoms with van der Waals surface area (Å²) in [6.45, 7) is 3.51.